The van der Waals surface area contributed by atoms with Gasteiger partial charge in [0.2, 0.25) is 0 Å². The van der Waals surface area contributed by atoms with Crippen molar-refractivity contribution >= 4 is 27.4 Å². The molecule has 5 heteroatoms. The highest BCUT2D eigenvalue weighted by Crippen LogP contribution is 2.19. The molecule has 11 heavy (non-hydrogen) atoms. The number of fused-ring (bicyclic) bond motifs is 1. The number of rotatable bonds is 0. The van der Waals surface area contributed by atoms with E-state index in [-0.39, 0.29) is 0 Å². The monoisotopic (exact) mass is 212 g/mol. The summed E-state index contributed by atoms with van der Waals surface area (Å²) in [4.78, 5) is 7.95. The van der Waals surface area contributed by atoms with Crippen LogP contribution in [0.5, 0.6) is 0 Å². The van der Waals surface area contributed by atoms with E-state index in [1.807, 2.05) is 4.40 Å². The van der Waals surface area contributed by atoms with E-state index in [1.165, 1.54) is 0 Å². The molecule has 2 N–H and O–H groups in total. The zero-order chi connectivity index (χ0) is 7.84. The Morgan fingerprint density at radius 3 is 3.09 bits per heavy atom. The fourth-order valence-electron chi connectivity index (χ4n) is 0.895. The quantitative estimate of drug-likeness (QED) is 0.712. The van der Waals surface area contributed by atoms with E-state index in [0.29, 0.717) is 5.82 Å². The first-order chi connectivity index (χ1) is 5.29. The maximum atomic E-state index is 5.55. The van der Waals surface area contributed by atoms with Gasteiger partial charge in [-0.3, -0.25) is 9.38 Å². The highest BCUT2D eigenvalue weighted by atomic mass is 79.9. The minimum atomic E-state index is 0.484. The second kappa shape index (κ2) is 2.20. The van der Waals surface area contributed by atoms with Crippen LogP contribution in [0, 0.1) is 0 Å². The number of anilines is 1. The molecule has 4 nitrogen and oxygen atoms in total. The highest BCUT2D eigenvalue weighted by molar-refractivity contribution is 9.10. The molecule has 0 bridgehead atoms. The van der Waals surface area contributed by atoms with Crippen LogP contribution in [-0.4, -0.2) is 14.4 Å². The average molecular weight is 213 g/mol. The normalized spacial score (nSPS) is 10.6. The molecule has 0 aliphatic carbocycles. The van der Waals surface area contributed by atoms with Gasteiger partial charge < -0.3 is 5.73 Å². The molecule has 56 valence electrons. The van der Waals surface area contributed by atoms with Crippen LogP contribution in [0.25, 0.3) is 5.65 Å². The lowest BCUT2D eigenvalue weighted by atomic mass is 10.7. The third-order valence-electron chi connectivity index (χ3n) is 1.40. The number of nitrogen functional groups attached to an aromatic ring is 1. The maximum absolute atomic E-state index is 5.55. The van der Waals surface area contributed by atoms with Crippen LogP contribution < -0.4 is 5.73 Å². The van der Waals surface area contributed by atoms with E-state index in [9.17, 15) is 0 Å². The Bertz CT molecular complexity index is 394. The molecule has 2 aromatic rings. The predicted octanol–water partition coefficient (Wildman–Crippen LogP) is 1.07. The summed E-state index contributed by atoms with van der Waals surface area (Å²) in [5.41, 5.74) is 6.29. The van der Waals surface area contributed by atoms with E-state index < -0.39 is 0 Å². The second-order valence-corrected chi connectivity index (χ2v) is 2.84. The van der Waals surface area contributed by atoms with Gasteiger partial charge in [0.05, 0.1) is 6.20 Å². The van der Waals surface area contributed by atoms with Gasteiger partial charge in [-0.2, -0.15) is 0 Å². The van der Waals surface area contributed by atoms with Crippen LogP contribution in [0.15, 0.2) is 23.2 Å². The maximum Gasteiger partial charge on any atom is 0.158 e. The lowest BCUT2D eigenvalue weighted by Crippen LogP contribution is -1.85. The number of aromatic nitrogens is 3. The average Bonchev–Trinajstić information content (AvgIpc) is 2.30. The second-order valence-electron chi connectivity index (χ2n) is 2.09. The molecular formula is C6H5BrN4. The minimum absolute atomic E-state index is 0.484. The summed E-state index contributed by atoms with van der Waals surface area (Å²) >= 11 is 3.30. The Morgan fingerprint density at radius 2 is 2.36 bits per heavy atom. The number of halogens is 1. The molecule has 2 aromatic heterocycles. The fourth-order valence-corrected chi connectivity index (χ4v) is 1.28. The van der Waals surface area contributed by atoms with Crippen molar-refractivity contribution in [2.45, 2.75) is 0 Å². The van der Waals surface area contributed by atoms with Gasteiger partial charge in [-0.25, -0.2) is 4.98 Å². The van der Waals surface area contributed by atoms with Gasteiger partial charge in [0, 0.05) is 12.4 Å². The molecular weight excluding hydrogens is 208 g/mol. The summed E-state index contributed by atoms with van der Waals surface area (Å²) in [5.74, 6) is 0.484. The molecule has 2 heterocycles. The van der Waals surface area contributed by atoms with Crippen molar-refractivity contribution in [3.63, 3.8) is 0 Å². The number of imidazole rings is 1. The molecule has 0 aromatic carbocycles. The summed E-state index contributed by atoms with van der Waals surface area (Å²) in [6, 6.07) is 0. The molecule has 0 saturated heterocycles. The van der Waals surface area contributed by atoms with Crippen molar-refractivity contribution in [1.29, 1.82) is 0 Å². The topological polar surface area (TPSA) is 56.2 Å². The van der Waals surface area contributed by atoms with Crippen LogP contribution in [0.4, 0.5) is 5.82 Å². The molecule has 0 unspecified atom stereocenters. The zero-order valence-electron chi connectivity index (χ0n) is 5.53. The summed E-state index contributed by atoms with van der Waals surface area (Å²) in [5, 5.41) is 0. The summed E-state index contributed by atoms with van der Waals surface area (Å²) in [6.07, 6.45) is 5.13. The van der Waals surface area contributed by atoms with Crippen LogP contribution >= 0.6 is 15.9 Å². The first-order valence-electron chi connectivity index (χ1n) is 3.02. The molecule has 0 aliphatic rings. The van der Waals surface area contributed by atoms with Crippen LogP contribution in [0.1, 0.15) is 0 Å². The van der Waals surface area contributed by atoms with Gasteiger partial charge in [0.25, 0.3) is 0 Å². The Labute approximate surface area is 71.2 Å². The molecule has 0 fully saturated rings. The summed E-state index contributed by atoms with van der Waals surface area (Å²) in [7, 11) is 0. The number of hydrogen-bond acceptors (Lipinski definition) is 3. The molecule has 0 atom stereocenters. The molecule has 2 rings (SSSR count). The predicted molar refractivity (Wildman–Crippen MR) is 45.1 cm³/mol. The lowest BCUT2D eigenvalue weighted by Gasteiger charge is -1.90. The summed E-state index contributed by atoms with van der Waals surface area (Å²) < 4.78 is 2.59. The Kier molecular flexibility index (Phi) is 1.32. The van der Waals surface area contributed by atoms with Crippen molar-refractivity contribution < 1.29 is 0 Å². The Morgan fingerprint density at radius 1 is 1.55 bits per heavy atom. The Hall–Kier alpha value is -1.10. The fraction of sp³-hybridized carbons (Fsp3) is 0. The van der Waals surface area contributed by atoms with Crippen molar-refractivity contribution in [2.75, 3.05) is 5.73 Å². The van der Waals surface area contributed by atoms with Crippen LogP contribution in [0.2, 0.25) is 0 Å². The van der Waals surface area contributed by atoms with Gasteiger partial charge >= 0.3 is 0 Å². The van der Waals surface area contributed by atoms with Gasteiger partial charge in [-0.15, -0.1) is 0 Å². The van der Waals surface area contributed by atoms with E-state index >= 15 is 0 Å². The van der Waals surface area contributed by atoms with E-state index in [1.54, 1.807) is 18.6 Å². The molecule has 0 saturated carbocycles. The van der Waals surface area contributed by atoms with Crippen LogP contribution in [0.3, 0.4) is 0 Å². The van der Waals surface area contributed by atoms with E-state index in [2.05, 4.69) is 25.9 Å². The van der Waals surface area contributed by atoms with E-state index in [0.717, 1.165) is 10.3 Å². The first-order valence-corrected chi connectivity index (χ1v) is 3.81. The van der Waals surface area contributed by atoms with Crippen LogP contribution in [-0.2, 0) is 0 Å². The number of nitrogens with zero attached hydrogens (tertiary/aromatic N) is 3. The van der Waals surface area contributed by atoms with Gasteiger partial charge in [-0.05, 0) is 15.9 Å². The SMILES string of the molecule is Nc1nc2cnccn2c1Br. The van der Waals surface area contributed by atoms with Gasteiger partial charge in [-0.1, -0.05) is 0 Å². The largest absolute Gasteiger partial charge is 0.381 e. The number of nitrogens with two attached hydrogens (primary N) is 1. The van der Waals surface area contributed by atoms with Crippen molar-refractivity contribution in [2.24, 2.45) is 0 Å². The Balaban J connectivity index is 2.92. The summed E-state index contributed by atoms with van der Waals surface area (Å²) in [6.45, 7) is 0. The minimum Gasteiger partial charge on any atom is -0.381 e. The highest BCUT2D eigenvalue weighted by Gasteiger charge is 2.03. The molecule has 0 aliphatic heterocycles. The number of hydrogen-bond donors (Lipinski definition) is 1. The zero-order valence-corrected chi connectivity index (χ0v) is 7.12. The van der Waals surface area contributed by atoms with Gasteiger partial charge in [0.15, 0.2) is 11.5 Å². The van der Waals surface area contributed by atoms with Crippen molar-refractivity contribution in [1.82, 2.24) is 14.4 Å². The lowest BCUT2D eigenvalue weighted by molar-refractivity contribution is 1.10. The molecule has 0 spiro atoms. The molecule has 0 radical (unpaired) electrons. The third kappa shape index (κ3) is 0.883. The molecule has 0 amide bonds. The van der Waals surface area contributed by atoms with Crippen molar-refractivity contribution in [3.05, 3.63) is 23.2 Å². The smallest absolute Gasteiger partial charge is 0.158 e. The van der Waals surface area contributed by atoms with Crippen molar-refractivity contribution in [3.8, 4) is 0 Å². The van der Waals surface area contributed by atoms with Gasteiger partial charge in [0.1, 0.15) is 4.60 Å². The third-order valence-corrected chi connectivity index (χ3v) is 2.18. The van der Waals surface area contributed by atoms with E-state index in [4.69, 9.17) is 5.73 Å². The first kappa shape index (κ1) is 6.60. The standard InChI is InChI=1S/C6H5BrN4/c7-5-6(8)10-4-3-9-1-2-11(4)5/h1-3H,8H2.